The fraction of sp³-hybridized carbons (Fsp3) is 0.846. The molecule has 0 fully saturated rings. The zero-order valence-electron chi connectivity index (χ0n) is 10.1. The summed E-state index contributed by atoms with van der Waals surface area (Å²) in [5.74, 6) is 0.773. The molecule has 0 aliphatic heterocycles. The molecular weight excluding hydrogens is 156 g/mol. The second-order valence-electron chi connectivity index (χ2n) is 4.64. The normalized spacial score (nSPS) is 17.9. The van der Waals surface area contributed by atoms with Gasteiger partial charge in [-0.15, -0.1) is 0 Å². The molecule has 2 unspecified atom stereocenters. The first-order valence-electron chi connectivity index (χ1n) is 5.65. The van der Waals surface area contributed by atoms with Crippen molar-refractivity contribution in [2.45, 2.75) is 60.3 Å². The fourth-order valence-corrected chi connectivity index (χ4v) is 2.15. The Balaban J connectivity index is 4.47. The largest absolute Gasteiger partial charge is 0.0996 e. The Bertz CT molecular complexity index is 157. The number of hydrogen-bond acceptors (Lipinski definition) is 0. The Kier molecular flexibility index (Phi) is 5.36. The van der Waals surface area contributed by atoms with Gasteiger partial charge >= 0.3 is 0 Å². The van der Waals surface area contributed by atoms with Crippen molar-refractivity contribution in [2.75, 3.05) is 0 Å². The molecule has 0 nitrogen and oxygen atoms in total. The van der Waals surface area contributed by atoms with Crippen LogP contribution in [-0.4, -0.2) is 0 Å². The monoisotopic (exact) mass is 182 g/mol. The van der Waals surface area contributed by atoms with Gasteiger partial charge in [-0.25, -0.2) is 0 Å². The predicted molar refractivity (Wildman–Crippen MR) is 61.9 cm³/mol. The minimum atomic E-state index is 0.366. The average molecular weight is 182 g/mol. The first-order valence-corrected chi connectivity index (χ1v) is 5.65. The topological polar surface area (TPSA) is 0 Å². The van der Waals surface area contributed by atoms with Gasteiger partial charge in [0.05, 0.1) is 0 Å². The Labute approximate surface area is 84.4 Å². The van der Waals surface area contributed by atoms with E-state index >= 15 is 0 Å². The number of hydrogen-bond donors (Lipinski definition) is 0. The molecule has 0 aliphatic rings. The van der Waals surface area contributed by atoms with Crippen molar-refractivity contribution in [1.29, 1.82) is 0 Å². The quantitative estimate of drug-likeness (QED) is 0.517. The summed E-state index contributed by atoms with van der Waals surface area (Å²) >= 11 is 0. The van der Waals surface area contributed by atoms with E-state index in [9.17, 15) is 0 Å². The lowest BCUT2D eigenvalue weighted by Gasteiger charge is -2.36. The molecule has 78 valence electrons. The van der Waals surface area contributed by atoms with Crippen molar-refractivity contribution >= 4 is 0 Å². The van der Waals surface area contributed by atoms with Gasteiger partial charge in [-0.2, -0.15) is 0 Å². The first kappa shape index (κ1) is 12.7. The van der Waals surface area contributed by atoms with Gasteiger partial charge in [0.15, 0.2) is 0 Å². The van der Waals surface area contributed by atoms with Crippen molar-refractivity contribution in [3.63, 3.8) is 0 Å². The van der Waals surface area contributed by atoms with Gasteiger partial charge in [-0.1, -0.05) is 59.1 Å². The molecule has 2 atom stereocenters. The van der Waals surface area contributed by atoms with E-state index in [4.69, 9.17) is 0 Å². The van der Waals surface area contributed by atoms with Gasteiger partial charge in [0.2, 0.25) is 0 Å². The molecule has 0 radical (unpaired) electrons. The highest BCUT2D eigenvalue weighted by molar-refractivity contribution is 5.07. The summed E-state index contributed by atoms with van der Waals surface area (Å²) in [6.45, 7) is 15.6. The van der Waals surface area contributed by atoms with Gasteiger partial charge in [0, 0.05) is 0 Å². The zero-order chi connectivity index (χ0) is 10.5. The molecule has 0 heterocycles. The molecule has 0 bridgehead atoms. The Morgan fingerprint density at radius 3 is 2.15 bits per heavy atom. The first-order chi connectivity index (χ1) is 5.99. The van der Waals surface area contributed by atoms with E-state index in [-0.39, 0.29) is 0 Å². The summed E-state index contributed by atoms with van der Waals surface area (Å²) < 4.78 is 0. The molecule has 0 saturated carbocycles. The molecule has 0 aromatic rings. The van der Waals surface area contributed by atoms with Crippen LogP contribution in [0.15, 0.2) is 12.2 Å². The third-order valence-corrected chi connectivity index (χ3v) is 3.55. The maximum atomic E-state index is 4.15. The van der Waals surface area contributed by atoms with E-state index in [0.29, 0.717) is 5.41 Å². The molecule has 0 amide bonds. The van der Waals surface area contributed by atoms with Crippen LogP contribution in [0.5, 0.6) is 0 Å². The van der Waals surface area contributed by atoms with Gasteiger partial charge < -0.3 is 0 Å². The van der Waals surface area contributed by atoms with E-state index < -0.39 is 0 Å². The summed E-state index contributed by atoms with van der Waals surface area (Å²) in [7, 11) is 0. The third-order valence-electron chi connectivity index (χ3n) is 3.55. The minimum absolute atomic E-state index is 0.366. The van der Waals surface area contributed by atoms with E-state index in [2.05, 4.69) is 41.2 Å². The van der Waals surface area contributed by atoms with Gasteiger partial charge in [0.25, 0.3) is 0 Å². The molecule has 0 N–H and O–H groups in total. The summed E-state index contributed by atoms with van der Waals surface area (Å²) in [4.78, 5) is 0. The van der Waals surface area contributed by atoms with Crippen LogP contribution >= 0.6 is 0 Å². The standard InChI is InChI=1S/C13H26/c1-7-9-12(5)13(6,10-8-2)11(3)4/h12H,3,7-10H2,1-2,4-6H3. The Morgan fingerprint density at radius 1 is 1.31 bits per heavy atom. The van der Waals surface area contributed by atoms with Crippen LogP contribution in [0.25, 0.3) is 0 Å². The lowest BCUT2D eigenvalue weighted by atomic mass is 9.69. The fourth-order valence-electron chi connectivity index (χ4n) is 2.15. The average Bonchev–Trinajstić information content (AvgIpc) is 2.04. The molecule has 0 aromatic heterocycles. The van der Waals surface area contributed by atoms with E-state index in [1.165, 1.54) is 31.3 Å². The van der Waals surface area contributed by atoms with Gasteiger partial charge in [-0.05, 0) is 24.7 Å². The van der Waals surface area contributed by atoms with Gasteiger partial charge in [0.1, 0.15) is 0 Å². The second kappa shape index (κ2) is 5.47. The van der Waals surface area contributed by atoms with Crippen LogP contribution in [0.3, 0.4) is 0 Å². The maximum Gasteiger partial charge on any atom is -0.00963 e. The van der Waals surface area contributed by atoms with Crippen molar-refractivity contribution in [3.05, 3.63) is 12.2 Å². The highest BCUT2D eigenvalue weighted by Gasteiger charge is 2.30. The van der Waals surface area contributed by atoms with E-state index in [1.807, 2.05) is 0 Å². The molecule has 0 spiro atoms. The summed E-state index contributed by atoms with van der Waals surface area (Å²) in [6, 6.07) is 0. The molecule has 0 aromatic carbocycles. The van der Waals surface area contributed by atoms with E-state index in [0.717, 1.165) is 5.92 Å². The molecule has 13 heavy (non-hydrogen) atoms. The minimum Gasteiger partial charge on any atom is -0.0996 e. The van der Waals surface area contributed by atoms with Crippen LogP contribution in [0, 0.1) is 11.3 Å². The zero-order valence-corrected chi connectivity index (χ0v) is 10.1. The highest BCUT2D eigenvalue weighted by atomic mass is 14.3. The molecule has 0 saturated heterocycles. The Morgan fingerprint density at radius 2 is 1.85 bits per heavy atom. The van der Waals surface area contributed by atoms with Crippen molar-refractivity contribution in [1.82, 2.24) is 0 Å². The summed E-state index contributed by atoms with van der Waals surface area (Å²) in [5, 5.41) is 0. The number of allylic oxidation sites excluding steroid dienone is 1. The van der Waals surface area contributed by atoms with Crippen LogP contribution in [0.1, 0.15) is 60.3 Å². The van der Waals surface area contributed by atoms with E-state index in [1.54, 1.807) is 0 Å². The predicted octanol–water partition coefficient (Wildman–Crippen LogP) is 4.81. The van der Waals surface area contributed by atoms with Crippen LogP contribution in [-0.2, 0) is 0 Å². The van der Waals surface area contributed by atoms with Gasteiger partial charge in [-0.3, -0.25) is 0 Å². The van der Waals surface area contributed by atoms with Crippen molar-refractivity contribution in [2.24, 2.45) is 11.3 Å². The van der Waals surface area contributed by atoms with Crippen LogP contribution in [0.2, 0.25) is 0 Å². The molecule has 0 heteroatoms. The highest BCUT2D eigenvalue weighted by Crippen LogP contribution is 2.40. The maximum absolute atomic E-state index is 4.15. The van der Waals surface area contributed by atoms with Crippen LogP contribution in [0.4, 0.5) is 0 Å². The SMILES string of the molecule is C=C(C)C(C)(CCC)C(C)CCC. The Hall–Kier alpha value is -0.260. The van der Waals surface area contributed by atoms with Crippen molar-refractivity contribution < 1.29 is 0 Å². The summed E-state index contributed by atoms with van der Waals surface area (Å²) in [5.41, 5.74) is 1.72. The third kappa shape index (κ3) is 3.17. The smallest absolute Gasteiger partial charge is 0.00963 e. The lowest BCUT2D eigenvalue weighted by molar-refractivity contribution is 0.221. The molecule has 0 rings (SSSR count). The lowest BCUT2D eigenvalue weighted by Crippen LogP contribution is -2.26. The molecular formula is C13H26. The number of rotatable bonds is 6. The molecule has 0 aliphatic carbocycles. The van der Waals surface area contributed by atoms with Crippen LogP contribution < -0.4 is 0 Å². The second-order valence-corrected chi connectivity index (χ2v) is 4.64. The summed E-state index contributed by atoms with van der Waals surface area (Å²) in [6.07, 6.45) is 5.15. The van der Waals surface area contributed by atoms with Crippen molar-refractivity contribution in [3.8, 4) is 0 Å².